The van der Waals surface area contributed by atoms with E-state index in [0.29, 0.717) is 5.56 Å². The topological polar surface area (TPSA) is 78.9 Å². The van der Waals surface area contributed by atoms with Crippen LogP contribution in [0.1, 0.15) is 39.2 Å². The highest BCUT2D eigenvalue weighted by Crippen LogP contribution is 2.40. The summed E-state index contributed by atoms with van der Waals surface area (Å²) in [6, 6.07) is 2.92. The van der Waals surface area contributed by atoms with Crippen LogP contribution in [0.4, 0.5) is 0 Å². The fourth-order valence-corrected chi connectivity index (χ4v) is 1.77. The monoisotopic (exact) mass is 294 g/mol. The fraction of sp³-hybridized carbons (Fsp3) is 0.400. The van der Waals surface area contributed by atoms with Gasteiger partial charge >= 0.3 is 11.9 Å². The molecule has 1 rings (SSSR count). The Bertz CT molecular complexity index is 576. The molecule has 0 aliphatic rings. The summed E-state index contributed by atoms with van der Waals surface area (Å²) in [6.07, 6.45) is 0. The zero-order valence-corrected chi connectivity index (χ0v) is 12.7. The Hall–Kier alpha value is -2.37. The van der Waals surface area contributed by atoms with Crippen molar-refractivity contribution in [2.75, 3.05) is 7.11 Å². The molecule has 0 heterocycles. The second-order valence-corrected chi connectivity index (χ2v) is 4.56. The largest absolute Gasteiger partial charge is 0.493 e. The number of hydrogen-bond donors (Lipinski definition) is 0. The molecule has 1 aromatic carbocycles. The van der Waals surface area contributed by atoms with E-state index in [9.17, 15) is 14.4 Å². The Morgan fingerprint density at radius 3 is 2.00 bits per heavy atom. The van der Waals surface area contributed by atoms with Crippen molar-refractivity contribution >= 4 is 17.7 Å². The molecule has 0 saturated heterocycles. The molecule has 6 heteroatoms. The molecule has 0 saturated carbocycles. The molecule has 0 fully saturated rings. The van der Waals surface area contributed by atoms with Crippen molar-refractivity contribution in [1.29, 1.82) is 0 Å². The van der Waals surface area contributed by atoms with Gasteiger partial charge in [-0.3, -0.25) is 14.4 Å². The highest BCUT2D eigenvalue weighted by atomic mass is 16.6. The molecule has 0 N–H and O–H groups in total. The van der Waals surface area contributed by atoms with Crippen LogP contribution in [-0.4, -0.2) is 24.8 Å². The van der Waals surface area contributed by atoms with E-state index in [-0.39, 0.29) is 23.0 Å². The fourth-order valence-electron chi connectivity index (χ4n) is 1.77. The van der Waals surface area contributed by atoms with Gasteiger partial charge in [-0.15, -0.1) is 0 Å². The molecule has 1 aromatic rings. The summed E-state index contributed by atoms with van der Waals surface area (Å²) in [4.78, 5) is 33.9. The summed E-state index contributed by atoms with van der Waals surface area (Å²) in [5.74, 6) is -1.10. The number of ether oxygens (including phenoxy) is 3. The van der Waals surface area contributed by atoms with Crippen LogP contribution in [0.25, 0.3) is 0 Å². The van der Waals surface area contributed by atoms with E-state index < -0.39 is 17.9 Å². The molecule has 0 spiro atoms. The molecule has 0 amide bonds. The molecule has 1 unspecified atom stereocenters. The molecule has 0 radical (unpaired) electrons. The average molecular weight is 294 g/mol. The zero-order valence-electron chi connectivity index (χ0n) is 12.7. The predicted molar refractivity (Wildman–Crippen MR) is 74.7 cm³/mol. The third-order valence-corrected chi connectivity index (χ3v) is 2.86. The van der Waals surface area contributed by atoms with Crippen LogP contribution < -0.4 is 14.2 Å². The third-order valence-electron chi connectivity index (χ3n) is 2.86. The van der Waals surface area contributed by atoms with Crippen molar-refractivity contribution in [2.45, 2.75) is 33.6 Å². The van der Waals surface area contributed by atoms with Crippen molar-refractivity contribution in [2.24, 2.45) is 0 Å². The number of carbonyl (C=O) groups is 3. The quantitative estimate of drug-likeness (QED) is 0.612. The maximum atomic E-state index is 11.6. The van der Waals surface area contributed by atoms with Crippen molar-refractivity contribution in [1.82, 2.24) is 0 Å². The maximum absolute atomic E-state index is 11.6. The second kappa shape index (κ2) is 6.88. The van der Waals surface area contributed by atoms with E-state index in [2.05, 4.69) is 0 Å². The molecule has 0 aliphatic heterocycles. The minimum atomic E-state index is -0.538. The lowest BCUT2D eigenvalue weighted by molar-refractivity contribution is -0.133. The van der Waals surface area contributed by atoms with Crippen LogP contribution in [-0.2, 0) is 14.4 Å². The molecule has 21 heavy (non-hydrogen) atoms. The van der Waals surface area contributed by atoms with Gasteiger partial charge in [-0.2, -0.15) is 0 Å². The van der Waals surface area contributed by atoms with E-state index in [1.165, 1.54) is 40.0 Å². The van der Waals surface area contributed by atoms with Crippen LogP contribution in [0, 0.1) is 0 Å². The number of rotatable bonds is 5. The molecule has 0 aliphatic carbocycles. The summed E-state index contributed by atoms with van der Waals surface area (Å²) in [6.45, 7) is 5.61. The molecule has 6 nitrogen and oxygen atoms in total. The van der Waals surface area contributed by atoms with E-state index in [4.69, 9.17) is 14.2 Å². The zero-order chi connectivity index (χ0) is 16.2. The van der Waals surface area contributed by atoms with E-state index in [0.717, 1.165) is 0 Å². The van der Waals surface area contributed by atoms with E-state index in [1.54, 1.807) is 6.92 Å². The minimum Gasteiger partial charge on any atom is -0.493 e. The van der Waals surface area contributed by atoms with Crippen molar-refractivity contribution in [3.05, 3.63) is 17.7 Å². The van der Waals surface area contributed by atoms with Crippen LogP contribution in [0.3, 0.4) is 0 Å². The van der Waals surface area contributed by atoms with Gasteiger partial charge in [0.25, 0.3) is 0 Å². The Kier molecular flexibility index (Phi) is 5.46. The molecular weight excluding hydrogens is 276 g/mol. The number of Topliss-reactive ketones (excluding diaryl/α,β-unsaturated/α-hetero) is 1. The summed E-state index contributed by atoms with van der Waals surface area (Å²) in [7, 11) is 1.39. The summed E-state index contributed by atoms with van der Waals surface area (Å²) < 4.78 is 15.3. The van der Waals surface area contributed by atoms with Crippen LogP contribution >= 0.6 is 0 Å². The Morgan fingerprint density at radius 1 is 1.00 bits per heavy atom. The Morgan fingerprint density at radius 2 is 1.57 bits per heavy atom. The van der Waals surface area contributed by atoms with Gasteiger partial charge in [-0.1, -0.05) is 6.92 Å². The molecular formula is C15H18O6. The molecule has 0 bridgehead atoms. The standard InChI is InChI=1S/C15H18O6/c1-8(9(2)16)13-6-12(20-10(3)17)7-14(19-5)15(13)21-11(4)18/h6-8H,1-5H3. The highest BCUT2D eigenvalue weighted by molar-refractivity contribution is 5.85. The van der Waals surface area contributed by atoms with Gasteiger partial charge in [-0.25, -0.2) is 0 Å². The number of ketones is 1. The number of carbonyl (C=O) groups excluding carboxylic acids is 3. The van der Waals surface area contributed by atoms with Gasteiger partial charge in [0.1, 0.15) is 11.5 Å². The van der Waals surface area contributed by atoms with Crippen LogP contribution in [0.5, 0.6) is 17.2 Å². The first kappa shape index (κ1) is 16.7. The number of methoxy groups -OCH3 is 1. The highest BCUT2D eigenvalue weighted by Gasteiger charge is 2.23. The van der Waals surface area contributed by atoms with Gasteiger partial charge < -0.3 is 14.2 Å². The average Bonchev–Trinajstić information content (AvgIpc) is 2.37. The van der Waals surface area contributed by atoms with Gasteiger partial charge in [0, 0.05) is 31.4 Å². The van der Waals surface area contributed by atoms with Crippen LogP contribution in [0.15, 0.2) is 12.1 Å². The number of hydrogen-bond acceptors (Lipinski definition) is 6. The lowest BCUT2D eigenvalue weighted by Crippen LogP contribution is -2.12. The van der Waals surface area contributed by atoms with Crippen molar-refractivity contribution in [3.8, 4) is 17.2 Å². The smallest absolute Gasteiger partial charge is 0.308 e. The molecule has 114 valence electrons. The summed E-state index contributed by atoms with van der Waals surface area (Å²) >= 11 is 0. The Labute approximate surface area is 123 Å². The second-order valence-electron chi connectivity index (χ2n) is 4.56. The minimum absolute atomic E-state index is 0.120. The predicted octanol–water partition coefficient (Wildman–Crippen LogP) is 2.24. The van der Waals surface area contributed by atoms with Gasteiger partial charge in [0.2, 0.25) is 0 Å². The summed E-state index contributed by atoms with van der Waals surface area (Å²) in [5.41, 5.74) is 0.424. The van der Waals surface area contributed by atoms with E-state index in [1.807, 2.05) is 0 Å². The third kappa shape index (κ3) is 4.30. The first-order valence-corrected chi connectivity index (χ1v) is 6.35. The molecule has 0 aromatic heterocycles. The maximum Gasteiger partial charge on any atom is 0.308 e. The number of benzene rings is 1. The van der Waals surface area contributed by atoms with Crippen LogP contribution in [0.2, 0.25) is 0 Å². The van der Waals surface area contributed by atoms with Crippen molar-refractivity contribution < 1.29 is 28.6 Å². The lowest BCUT2D eigenvalue weighted by Gasteiger charge is -2.18. The Balaban J connectivity index is 3.47. The van der Waals surface area contributed by atoms with Crippen molar-refractivity contribution in [3.63, 3.8) is 0 Å². The van der Waals surface area contributed by atoms with E-state index >= 15 is 0 Å². The SMILES string of the molecule is COc1cc(OC(C)=O)cc(C(C)C(C)=O)c1OC(C)=O. The lowest BCUT2D eigenvalue weighted by atomic mass is 9.96. The van der Waals surface area contributed by atoms with Gasteiger partial charge in [0.05, 0.1) is 7.11 Å². The number of esters is 2. The first-order chi connectivity index (χ1) is 9.76. The first-order valence-electron chi connectivity index (χ1n) is 6.35. The molecule has 1 atom stereocenters. The van der Waals surface area contributed by atoms with Gasteiger partial charge in [0.15, 0.2) is 11.5 Å². The van der Waals surface area contributed by atoms with Gasteiger partial charge in [-0.05, 0) is 13.0 Å². The summed E-state index contributed by atoms with van der Waals surface area (Å²) in [5, 5.41) is 0. The normalized spacial score (nSPS) is 11.5.